The molecule has 4 rings (SSSR count). The largest absolute Gasteiger partial charge is 0.377 e. The quantitative estimate of drug-likeness (QED) is 0.465. The van der Waals surface area contributed by atoms with E-state index >= 15 is 0 Å². The molecule has 0 aromatic heterocycles. The number of hydrogen-bond acceptors (Lipinski definition) is 3. The van der Waals surface area contributed by atoms with Crippen LogP contribution < -0.4 is 10.6 Å². The minimum atomic E-state index is 0.381. The summed E-state index contributed by atoms with van der Waals surface area (Å²) < 4.78 is 6.11. The fourth-order valence-corrected chi connectivity index (χ4v) is 5.86. The van der Waals surface area contributed by atoms with E-state index in [1.54, 1.807) is 0 Å². The summed E-state index contributed by atoms with van der Waals surface area (Å²) >= 11 is 0. The monoisotopic (exact) mass is 346 g/mol. The highest BCUT2D eigenvalue weighted by atomic mass is 16.5. The van der Waals surface area contributed by atoms with Gasteiger partial charge in [-0.3, -0.25) is 9.89 Å². The summed E-state index contributed by atoms with van der Waals surface area (Å²) in [5.74, 6) is 1.69. The Kier molecular flexibility index (Phi) is 5.05. The lowest BCUT2D eigenvalue weighted by atomic mass is 9.54. The molecule has 0 amide bonds. The van der Waals surface area contributed by atoms with Gasteiger partial charge in [-0.05, 0) is 32.1 Å². The molecule has 2 saturated heterocycles. The van der Waals surface area contributed by atoms with Gasteiger partial charge < -0.3 is 15.4 Å². The number of rotatable bonds is 4. The third-order valence-electron chi connectivity index (χ3n) is 7.12. The van der Waals surface area contributed by atoms with E-state index in [2.05, 4.69) is 27.1 Å². The first-order valence-electron chi connectivity index (χ1n) is 10.2. The van der Waals surface area contributed by atoms with Gasteiger partial charge >= 0.3 is 0 Å². The Morgan fingerprint density at radius 2 is 2.00 bits per heavy atom. The summed E-state index contributed by atoms with van der Waals surface area (Å²) in [5.41, 5.74) is 0.381. The van der Waals surface area contributed by atoms with Crippen molar-refractivity contribution >= 4 is 5.96 Å². The maximum absolute atomic E-state index is 6.11. The average Bonchev–Trinajstić information content (AvgIpc) is 3.29. The van der Waals surface area contributed by atoms with Gasteiger partial charge in [-0.25, -0.2) is 0 Å². The Bertz CT molecular complexity index is 506. The summed E-state index contributed by atoms with van der Waals surface area (Å²) in [6.07, 6.45) is 11.4. The number of likely N-dealkylation sites (tertiary alicyclic amines) is 1. The molecule has 0 aromatic rings. The third kappa shape index (κ3) is 3.10. The van der Waals surface area contributed by atoms with Gasteiger partial charge in [-0.15, -0.1) is 6.58 Å². The van der Waals surface area contributed by atoms with Crippen molar-refractivity contribution in [2.24, 2.45) is 16.3 Å². The smallest absolute Gasteiger partial charge is 0.191 e. The van der Waals surface area contributed by atoms with Crippen LogP contribution in [0.2, 0.25) is 0 Å². The van der Waals surface area contributed by atoms with E-state index in [9.17, 15) is 0 Å². The van der Waals surface area contributed by atoms with Crippen molar-refractivity contribution in [1.82, 2.24) is 15.5 Å². The first kappa shape index (κ1) is 17.3. The Morgan fingerprint density at radius 3 is 2.68 bits per heavy atom. The van der Waals surface area contributed by atoms with Crippen molar-refractivity contribution in [1.29, 1.82) is 0 Å². The van der Waals surface area contributed by atoms with Crippen molar-refractivity contribution in [3.05, 3.63) is 12.7 Å². The molecule has 3 atom stereocenters. The standard InChI is InChI=1S/C20H34N4O/c1-3-11-24-12-6-15(7-13-24)22-19(21-2)23-17-16-8-14-25-18(16)20(17)9-4-5-10-20/h3,15-18H,1,4-14H2,2H3,(H2,21,22,23). The molecule has 5 nitrogen and oxygen atoms in total. The number of piperidine rings is 1. The maximum Gasteiger partial charge on any atom is 0.191 e. The predicted molar refractivity (Wildman–Crippen MR) is 102 cm³/mol. The zero-order chi connectivity index (χ0) is 17.3. The molecule has 0 bridgehead atoms. The number of nitrogens with zero attached hydrogens (tertiary/aromatic N) is 2. The van der Waals surface area contributed by atoms with E-state index in [4.69, 9.17) is 4.74 Å². The zero-order valence-electron chi connectivity index (χ0n) is 15.7. The highest BCUT2D eigenvalue weighted by Crippen LogP contribution is 2.60. The molecular weight excluding hydrogens is 312 g/mol. The highest BCUT2D eigenvalue weighted by molar-refractivity contribution is 5.80. The Balaban J connectivity index is 1.34. The molecule has 5 heteroatoms. The molecule has 140 valence electrons. The normalized spacial score (nSPS) is 35.4. The molecule has 2 heterocycles. The topological polar surface area (TPSA) is 48.9 Å². The van der Waals surface area contributed by atoms with Crippen LogP contribution in [0, 0.1) is 11.3 Å². The molecule has 4 fully saturated rings. The molecule has 4 aliphatic rings. The molecule has 2 aliphatic carbocycles. The summed E-state index contributed by atoms with van der Waals surface area (Å²) in [6, 6.07) is 1.08. The fraction of sp³-hybridized carbons (Fsp3) is 0.850. The molecule has 3 unspecified atom stereocenters. The van der Waals surface area contributed by atoms with Crippen molar-refractivity contribution in [2.45, 2.75) is 63.1 Å². The van der Waals surface area contributed by atoms with Crippen molar-refractivity contribution in [3.63, 3.8) is 0 Å². The van der Waals surface area contributed by atoms with Crippen LogP contribution in [0.5, 0.6) is 0 Å². The summed E-state index contributed by atoms with van der Waals surface area (Å²) in [7, 11) is 1.91. The van der Waals surface area contributed by atoms with E-state index in [0.717, 1.165) is 32.2 Å². The Hall–Kier alpha value is -1.07. The lowest BCUT2D eigenvalue weighted by molar-refractivity contribution is -0.125. The van der Waals surface area contributed by atoms with E-state index in [-0.39, 0.29) is 0 Å². The van der Waals surface area contributed by atoms with Crippen LogP contribution >= 0.6 is 0 Å². The van der Waals surface area contributed by atoms with E-state index in [1.165, 1.54) is 44.9 Å². The number of aliphatic imine (C=N–C) groups is 1. The molecule has 0 aromatic carbocycles. The van der Waals surface area contributed by atoms with Crippen LogP contribution in [-0.2, 0) is 4.74 Å². The van der Waals surface area contributed by atoms with Gasteiger partial charge in [0.25, 0.3) is 0 Å². The summed E-state index contributed by atoms with van der Waals surface area (Å²) in [4.78, 5) is 7.03. The minimum absolute atomic E-state index is 0.381. The number of nitrogens with one attached hydrogen (secondary N) is 2. The van der Waals surface area contributed by atoms with Gasteiger partial charge in [0.05, 0.1) is 6.10 Å². The molecule has 2 aliphatic heterocycles. The molecular formula is C20H34N4O. The number of guanidine groups is 1. The fourth-order valence-electron chi connectivity index (χ4n) is 5.86. The van der Waals surface area contributed by atoms with Crippen LogP contribution in [0.3, 0.4) is 0 Å². The third-order valence-corrected chi connectivity index (χ3v) is 7.12. The zero-order valence-corrected chi connectivity index (χ0v) is 15.7. The van der Waals surface area contributed by atoms with Crippen molar-refractivity contribution in [2.75, 3.05) is 33.3 Å². The van der Waals surface area contributed by atoms with Gasteiger partial charge in [0.2, 0.25) is 0 Å². The second-order valence-corrected chi connectivity index (χ2v) is 8.39. The number of hydrogen-bond donors (Lipinski definition) is 2. The predicted octanol–water partition coefficient (Wildman–Crippen LogP) is 2.15. The number of ether oxygens (including phenoxy) is 1. The lowest BCUT2D eigenvalue weighted by Gasteiger charge is -2.57. The van der Waals surface area contributed by atoms with Gasteiger partial charge in [0.15, 0.2) is 5.96 Å². The van der Waals surface area contributed by atoms with Crippen LogP contribution in [0.1, 0.15) is 44.9 Å². The Morgan fingerprint density at radius 1 is 1.24 bits per heavy atom. The van der Waals surface area contributed by atoms with E-state index in [1.807, 2.05) is 13.1 Å². The van der Waals surface area contributed by atoms with E-state index in [0.29, 0.717) is 29.5 Å². The second-order valence-electron chi connectivity index (χ2n) is 8.39. The molecule has 1 spiro atoms. The summed E-state index contributed by atoms with van der Waals surface area (Å²) in [5, 5.41) is 7.52. The van der Waals surface area contributed by atoms with Crippen molar-refractivity contribution < 1.29 is 4.74 Å². The Labute approximate surface area is 152 Å². The van der Waals surface area contributed by atoms with Gasteiger partial charge in [0, 0.05) is 56.7 Å². The van der Waals surface area contributed by atoms with E-state index < -0.39 is 0 Å². The van der Waals surface area contributed by atoms with Crippen LogP contribution in [-0.4, -0.2) is 62.3 Å². The lowest BCUT2D eigenvalue weighted by Crippen LogP contribution is -2.69. The minimum Gasteiger partial charge on any atom is -0.377 e. The van der Waals surface area contributed by atoms with Crippen LogP contribution in [0.25, 0.3) is 0 Å². The first-order valence-corrected chi connectivity index (χ1v) is 10.2. The molecule has 2 saturated carbocycles. The second kappa shape index (κ2) is 7.28. The maximum atomic E-state index is 6.11. The SMILES string of the molecule is C=CCN1CCC(NC(=NC)NC2C3CCOC3C23CCCC3)CC1. The summed E-state index contributed by atoms with van der Waals surface area (Å²) in [6.45, 7) is 8.09. The van der Waals surface area contributed by atoms with Crippen LogP contribution in [0.15, 0.2) is 17.6 Å². The van der Waals surface area contributed by atoms with Crippen molar-refractivity contribution in [3.8, 4) is 0 Å². The first-order chi connectivity index (χ1) is 12.3. The average molecular weight is 347 g/mol. The molecule has 0 radical (unpaired) electrons. The van der Waals surface area contributed by atoms with Crippen LogP contribution in [0.4, 0.5) is 0 Å². The van der Waals surface area contributed by atoms with Gasteiger partial charge in [-0.2, -0.15) is 0 Å². The number of fused-ring (bicyclic) bond motifs is 2. The highest BCUT2D eigenvalue weighted by Gasteiger charge is 2.65. The van der Waals surface area contributed by atoms with Gasteiger partial charge in [-0.1, -0.05) is 18.9 Å². The molecule has 2 N–H and O–H groups in total. The van der Waals surface area contributed by atoms with Gasteiger partial charge in [0.1, 0.15) is 0 Å². The molecule has 25 heavy (non-hydrogen) atoms.